The number of carbonyl (C=O) groups is 2. The minimum absolute atomic E-state index is 0.0438. The van der Waals surface area contributed by atoms with E-state index >= 15 is 0 Å². The predicted octanol–water partition coefficient (Wildman–Crippen LogP) is 0.432. The number of amides is 1. The van der Waals surface area contributed by atoms with E-state index in [1.165, 1.54) is 25.1 Å². The Morgan fingerprint density at radius 2 is 2.09 bits per heavy atom. The Kier molecular flexibility index (Phi) is 4.47. The van der Waals surface area contributed by atoms with Crippen molar-refractivity contribution < 1.29 is 14.7 Å². The van der Waals surface area contributed by atoms with Gasteiger partial charge < -0.3 is 15.4 Å². The Hall–Kier alpha value is -2.15. The van der Waals surface area contributed by atoms with Crippen LogP contribution in [0.25, 0.3) is 0 Å². The third kappa shape index (κ3) is 4.19. The van der Waals surface area contributed by atoms with Crippen molar-refractivity contribution in [2.24, 2.45) is 5.92 Å². The second kappa shape index (κ2) is 6.54. The Morgan fingerprint density at radius 3 is 2.70 bits per heavy atom. The molecule has 1 amide bonds. The van der Waals surface area contributed by atoms with Gasteiger partial charge >= 0.3 is 5.97 Å². The Labute approximate surface area is 133 Å². The smallest absolute Gasteiger partial charge is 0.317 e. The molecule has 0 spiro atoms. The molecule has 2 aliphatic rings. The van der Waals surface area contributed by atoms with Crippen molar-refractivity contribution in [1.82, 2.24) is 15.2 Å². The molecule has 7 heteroatoms. The maximum atomic E-state index is 12.1. The number of carboxylic acid groups (broad SMARTS) is 1. The average molecular weight is 319 g/mol. The minimum Gasteiger partial charge on any atom is -0.480 e. The van der Waals surface area contributed by atoms with Gasteiger partial charge in [0.15, 0.2) is 0 Å². The van der Waals surface area contributed by atoms with E-state index in [4.69, 9.17) is 5.11 Å². The van der Waals surface area contributed by atoms with Crippen molar-refractivity contribution in [3.05, 3.63) is 34.2 Å². The monoisotopic (exact) mass is 319 g/mol. The maximum absolute atomic E-state index is 12.1. The topological polar surface area (TPSA) is 102 Å². The highest BCUT2D eigenvalue weighted by Crippen LogP contribution is 2.33. The summed E-state index contributed by atoms with van der Waals surface area (Å²) < 4.78 is 0. The van der Waals surface area contributed by atoms with E-state index in [0.717, 1.165) is 19.4 Å². The lowest BCUT2D eigenvalue weighted by molar-refractivity contribution is -0.139. The van der Waals surface area contributed by atoms with Gasteiger partial charge in [0.1, 0.15) is 0 Å². The number of carbonyl (C=O) groups excluding carboxylic acids is 1. The van der Waals surface area contributed by atoms with E-state index < -0.39 is 5.97 Å². The Morgan fingerprint density at radius 1 is 1.35 bits per heavy atom. The number of nitrogens with one attached hydrogen (secondary N) is 2. The molecule has 0 radical (unpaired) electrons. The molecule has 1 aromatic heterocycles. The van der Waals surface area contributed by atoms with Crippen molar-refractivity contribution >= 4 is 11.9 Å². The molecule has 7 nitrogen and oxygen atoms in total. The van der Waals surface area contributed by atoms with Gasteiger partial charge in [0.25, 0.3) is 5.91 Å². The summed E-state index contributed by atoms with van der Waals surface area (Å²) in [5.41, 5.74) is 0.0405. The number of rotatable bonds is 7. The van der Waals surface area contributed by atoms with Crippen LogP contribution in [0, 0.1) is 5.92 Å². The van der Waals surface area contributed by atoms with E-state index in [9.17, 15) is 14.4 Å². The number of aromatic amines is 1. The fourth-order valence-corrected chi connectivity index (χ4v) is 3.01. The molecule has 1 heterocycles. The summed E-state index contributed by atoms with van der Waals surface area (Å²) in [6.45, 7) is 0.904. The molecule has 124 valence electrons. The van der Waals surface area contributed by atoms with E-state index in [2.05, 4.69) is 10.3 Å². The molecule has 0 saturated heterocycles. The first-order valence-electron chi connectivity index (χ1n) is 7.96. The van der Waals surface area contributed by atoms with Crippen LogP contribution in [0.3, 0.4) is 0 Å². The molecular weight excluding hydrogens is 298 g/mol. The number of H-pyrrole nitrogens is 1. The van der Waals surface area contributed by atoms with Gasteiger partial charge in [-0.2, -0.15) is 0 Å². The summed E-state index contributed by atoms with van der Waals surface area (Å²) in [4.78, 5) is 38.8. The van der Waals surface area contributed by atoms with Gasteiger partial charge in [-0.3, -0.25) is 19.3 Å². The first kappa shape index (κ1) is 15.7. The molecule has 2 aliphatic carbocycles. The highest BCUT2D eigenvalue weighted by Gasteiger charge is 2.37. The van der Waals surface area contributed by atoms with Crippen LogP contribution in [0.1, 0.15) is 36.0 Å². The molecule has 2 saturated carbocycles. The first-order valence-corrected chi connectivity index (χ1v) is 7.96. The Balaban J connectivity index is 1.50. The normalized spacial score (nSPS) is 23.3. The molecule has 3 N–H and O–H groups in total. The van der Waals surface area contributed by atoms with Gasteiger partial charge in [-0.25, -0.2) is 0 Å². The second-order valence-corrected chi connectivity index (χ2v) is 6.50. The zero-order chi connectivity index (χ0) is 16.4. The number of aliphatic carboxylic acids is 1. The molecule has 2 fully saturated rings. The molecule has 23 heavy (non-hydrogen) atoms. The lowest BCUT2D eigenvalue weighted by Crippen LogP contribution is -2.55. The molecule has 0 aliphatic heterocycles. The summed E-state index contributed by atoms with van der Waals surface area (Å²) in [5.74, 6) is -0.424. The van der Waals surface area contributed by atoms with Crippen LogP contribution in [0.15, 0.2) is 23.1 Å². The summed E-state index contributed by atoms with van der Waals surface area (Å²) in [6.07, 6.45) is 5.34. The quantitative estimate of drug-likeness (QED) is 0.676. The molecular formula is C16H21N3O4. The zero-order valence-electron chi connectivity index (χ0n) is 12.8. The maximum Gasteiger partial charge on any atom is 0.317 e. The van der Waals surface area contributed by atoms with Crippen LogP contribution >= 0.6 is 0 Å². The fraction of sp³-hybridized carbons (Fsp3) is 0.562. The summed E-state index contributed by atoms with van der Waals surface area (Å²) in [7, 11) is 0. The van der Waals surface area contributed by atoms with E-state index in [0.29, 0.717) is 11.5 Å². The van der Waals surface area contributed by atoms with Gasteiger partial charge in [0, 0.05) is 36.5 Å². The van der Waals surface area contributed by atoms with Crippen LogP contribution in [0.5, 0.6) is 0 Å². The molecule has 0 atom stereocenters. The first-order chi connectivity index (χ1) is 11.0. The van der Waals surface area contributed by atoms with E-state index in [-0.39, 0.29) is 30.1 Å². The average Bonchev–Trinajstić information content (AvgIpc) is 3.25. The standard InChI is InChI=1S/C16H21N3O4/c20-14-5-11(3-4-17-14)16(23)18-12-6-13(7-12)19(9-15(21)22)8-10-1-2-10/h3-5,10,12-13H,1-2,6-9H2,(H,17,20)(H,18,23)(H,21,22). The lowest BCUT2D eigenvalue weighted by Gasteiger charge is -2.42. The van der Waals surface area contributed by atoms with Crippen molar-refractivity contribution in [3.63, 3.8) is 0 Å². The largest absolute Gasteiger partial charge is 0.480 e. The highest BCUT2D eigenvalue weighted by molar-refractivity contribution is 5.94. The summed E-state index contributed by atoms with van der Waals surface area (Å²) >= 11 is 0. The number of aromatic nitrogens is 1. The molecule has 3 rings (SSSR count). The van der Waals surface area contributed by atoms with Gasteiger partial charge in [-0.05, 0) is 37.7 Å². The van der Waals surface area contributed by atoms with Crippen molar-refractivity contribution in [3.8, 4) is 0 Å². The zero-order valence-corrected chi connectivity index (χ0v) is 12.8. The summed E-state index contributed by atoms with van der Waals surface area (Å²) in [5, 5.41) is 11.9. The van der Waals surface area contributed by atoms with Crippen molar-refractivity contribution in [2.75, 3.05) is 13.1 Å². The van der Waals surface area contributed by atoms with Crippen molar-refractivity contribution in [2.45, 2.75) is 37.8 Å². The van der Waals surface area contributed by atoms with Gasteiger partial charge in [0.2, 0.25) is 5.56 Å². The highest BCUT2D eigenvalue weighted by atomic mass is 16.4. The molecule has 1 aromatic rings. The third-order valence-electron chi connectivity index (χ3n) is 4.53. The number of nitrogens with zero attached hydrogens (tertiary/aromatic N) is 1. The predicted molar refractivity (Wildman–Crippen MR) is 83.3 cm³/mol. The number of pyridine rings is 1. The van der Waals surface area contributed by atoms with Gasteiger partial charge in [-0.1, -0.05) is 0 Å². The number of carboxylic acids is 1. The van der Waals surface area contributed by atoms with Crippen LogP contribution < -0.4 is 10.9 Å². The lowest BCUT2D eigenvalue weighted by atomic mass is 9.85. The van der Waals surface area contributed by atoms with E-state index in [1.807, 2.05) is 4.90 Å². The van der Waals surface area contributed by atoms with Crippen molar-refractivity contribution in [1.29, 1.82) is 0 Å². The van der Waals surface area contributed by atoms with Gasteiger partial charge in [-0.15, -0.1) is 0 Å². The van der Waals surface area contributed by atoms with E-state index in [1.54, 1.807) is 6.07 Å². The molecule has 0 bridgehead atoms. The molecule has 0 unspecified atom stereocenters. The van der Waals surface area contributed by atoms with Gasteiger partial charge in [0.05, 0.1) is 6.54 Å². The molecule has 0 aromatic carbocycles. The summed E-state index contributed by atoms with van der Waals surface area (Å²) in [6, 6.07) is 3.10. The van der Waals surface area contributed by atoms with Crippen LogP contribution in [-0.4, -0.2) is 52.0 Å². The van der Waals surface area contributed by atoms with Crippen LogP contribution in [0.4, 0.5) is 0 Å². The number of hydrogen-bond donors (Lipinski definition) is 3. The second-order valence-electron chi connectivity index (χ2n) is 6.50. The fourth-order valence-electron chi connectivity index (χ4n) is 3.01. The Bertz CT molecular complexity index is 647. The SMILES string of the molecule is O=C(O)CN(CC1CC1)C1CC(NC(=O)c2cc[nH]c(=O)c2)C1. The minimum atomic E-state index is -0.804. The van der Waals surface area contributed by atoms with Crippen LogP contribution in [0.2, 0.25) is 0 Å². The van der Waals surface area contributed by atoms with Crippen LogP contribution in [-0.2, 0) is 4.79 Å². The number of hydrogen-bond acceptors (Lipinski definition) is 4. The third-order valence-corrected chi connectivity index (χ3v) is 4.53.